The molecule has 0 aliphatic heterocycles. The Kier molecular flexibility index (Phi) is 8.58. The third kappa shape index (κ3) is 6.71. The van der Waals surface area contributed by atoms with Crippen molar-refractivity contribution in [3.8, 4) is 0 Å². The Morgan fingerprint density at radius 2 is 1.57 bits per heavy atom. The number of benzene rings is 2. The fourth-order valence-electron chi connectivity index (χ4n) is 2.83. The predicted molar refractivity (Wildman–Crippen MR) is 116 cm³/mol. The van der Waals surface area contributed by atoms with E-state index in [1.54, 1.807) is 23.6 Å². The van der Waals surface area contributed by atoms with Crippen LogP contribution in [-0.2, 0) is 16.1 Å². The molecule has 1 N–H and O–H groups in total. The Morgan fingerprint density at radius 3 is 2.14 bits per heavy atom. The van der Waals surface area contributed by atoms with E-state index in [0.717, 1.165) is 10.5 Å². The van der Waals surface area contributed by atoms with Gasteiger partial charge in [0.05, 0.1) is 0 Å². The Bertz CT molecular complexity index is 772. The number of aryl methyl sites for hydroxylation is 2. The van der Waals surface area contributed by atoms with Crippen LogP contribution in [0.4, 0.5) is 0 Å². The van der Waals surface area contributed by atoms with E-state index in [9.17, 15) is 9.59 Å². The Balaban J connectivity index is 2.03. The molecular formula is C23H30N2O2S. The zero-order valence-electron chi connectivity index (χ0n) is 17.2. The highest BCUT2D eigenvalue weighted by Gasteiger charge is 2.25. The van der Waals surface area contributed by atoms with Crippen LogP contribution in [0.1, 0.15) is 37.0 Å². The highest BCUT2D eigenvalue weighted by atomic mass is 32.2. The molecule has 0 aromatic heterocycles. The minimum atomic E-state index is -0.502. The number of carbonyl (C=O) groups is 2. The Labute approximate surface area is 172 Å². The number of likely N-dealkylation sites (N-methyl/N-ethyl adjacent to an activating group) is 1. The van der Waals surface area contributed by atoms with Crippen LogP contribution in [0.15, 0.2) is 53.4 Å². The quantitative estimate of drug-likeness (QED) is 0.639. The second kappa shape index (κ2) is 10.9. The minimum Gasteiger partial charge on any atom is -0.355 e. The van der Waals surface area contributed by atoms with Gasteiger partial charge in [-0.15, -0.1) is 11.8 Å². The number of hydrogen-bond acceptors (Lipinski definition) is 3. The van der Waals surface area contributed by atoms with Crippen molar-refractivity contribution in [3.63, 3.8) is 0 Å². The fraction of sp³-hybridized carbons (Fsp3) is 0.391. The third-order valence-corrected chi connectivity index (χ3v) is 5.61. The lowest BCUT2D eigenvalue weighted by molar-refractivity contribution is -0.140. The van der Waals surface area contributed by atoms with Crippen molar-refractivity contribution in [2.45, 2.75) is 51.6 Å². The van der Waals surface area contributed by atoms with Crippen molar-refractivity contribution < 1.29 is 9.59 Å². The van der Waals surface area contributed by atoms with Gasteiger partial charge in [0.1, 0.15) is 6.04 Å². The predicted octanol–water partition coefficient (Wildman–Crippen LogP) is 4.34. The molecule has 0 saturated heterocycles. The number of nitrogens with zero attached hydrogens (tertiary/aromatic N) is 1. The number of rotatable bonds is 9. The fourth-order valence-corrected chi connectivity index (χ4v) is 3.67. The molecule has 28 heavy (non-hydrogen) atoms. The van der Waals surface area contributed by atoms with Gasteiger partial charge >= 0.3 is 0 Å². The maximum atomic E-state index is 12.9. The van der Waals surface area contributed by atoms with E-state index in [-0.39, 0.29) is 11.8 Å². The maximum absolute atomic E-state index is 12.9. The van der Waals surface area contributed by atoms with E-state index in [1.807, 2.05) is 38.1 Å². The van der Waals surface area contributed by atoms with Crippen LogP contribution >= 0.6 is 11.8 Å². The van der Waals surface area contributed by atoms with Crippen molar-refractivity contribution in [1.82, 2.24) is 10.2 Å². The molecule has 0 fully saturated rings. The minimum absolute atomic E-state index is 0.000982. The van der Waals surface area contributed by atoms with Gasteiger partial charge in [-0.3, -0.25) is 9.59 Å². The van der Waals surface area contributed by atoms with Crippen molar-refractivity contribution in [2.75, 3.05) is 12.3 Å². The zero-order chi connectivity index (χ0) is 20.5. The molecule has 2 aromatic rings. The van der Waals surface area contributed by atoms with E-state index in [2.05, 4.69) is 36.5 Å². The van der Waals surface area contributed by atoms with E-state index in [4.69, 9.17) is 0 Å². The monoisotopic (exact) mass is 398 g/mol. The molecule has 0 bridgehead atoms. The van der Waals surface area contributed by atoms with E-state index < -0.39 is 6.04 Å². The maximum Gasteiger partial charge on any atom is 0.242 e. The summed E-state index contributed by atoms with van der Waals surface area (Å²) in [5.41, 5.74) is 3.43. The van der Waals surface area contributed by atoms with Crippen molar-refractivity contribution >= 4 is 23.6 Å². The number of hydrogen-bond donors (Lipinski definition) is 1. The van der Waals surface area contributed by atoms with Gasteiger partial charge in [0, 0.05) is 30.2 Å². The van der Waals surface area contributed by atoms with Gasteiger partial charge < -0.3 is 10.2 Å². The van der Waals surface area contributed by atoms with Crippen molar-refractivity contribution in [3.05, 3.63) is 65.2 Å². The lowest BCUT2D eigenvalue weighted by Crippen LogP contribution is -2.47. The second-order valence-corrected chi connectivity index (χ2v) is 8.16. The molecule has 0 aliphatic rings. The molecule has 0 spiro atoms. The summed E-state index contributed by atoms with van der Waals surface area (Å²) in [6.45, 7) is 8.76. The summed E-state index contributed by atoms with van der Waals surface area (Å²) in [5, 5.41) is 2.82. The van der Waals surface area contributed by atoms with Crippen LogP contribution in [-0.4, -0.2) is 35.1 Å². The van der Waals surface area contributed by atoms with Crippen LogP contribution < -0.4 is 5.32 Å². The molecule has 0 aliphatic carbocycles. The van der Waals surface area contributed by atoms with E-state index in [0.29, 0.717) is 25.3 Å². The Morgan fingerprint density at radius 1 is 1.00 bits per heavy atom. The highest BCUT2D eigenvalue weighted by Crippen LogP contribution is 2.20. The first kappa shape index (κ1) is 22.0. The summed E-state index contributed by atoms with van der Waals surface area (Å²) in [5.74, 6) is 0.571. The van der Waals surface area contributed by atoms with Crippen LogP contribution in [0.3, 0.4) is 0 Å². The molecule has 4 nitrogen and oxygen atoms in total. The molecule has 0 heterocycles. The molecule has 2 rings (SSSR count). The number of amides is 2. The zero-order valence-corrected chi connectivity index (χ0v) is 18.0. The molecule has 5 heteroatoms. The molecule has 0 saturated carbocycles. The summed E-state index contributed by atoms with van der Waals surface area (Å²) in [7, 11) is 0. The van der Waals surface area contributed by atoms with Gasteiger partial charge in [-0.05, 0) is 45.4 Å². The molecule has 0 radical (unpaired) electrons. The SMILES string of the molecule is CCNC(=O)[C@H](C)N(Cc1ccc(C)cc1)C(=O)CCSc1ccc(C)cc1. The van der Waals surface area contributed by atoms with Crippen molar-refractivity contribution in [1.29, 1.82) is 0 Å². The highest BCUT2D eigenvalue weighted by molar-refractivity contribution is 7.99. The molecule has 150 valence electrons. The van der Waals surface area contributed by atoms with Gasteiger partial charge in [-0.25, -0.2) is 0 Å². The van der Waals surface area contributed by atoms with Gasteiger partial charge in [0.15, 0.2) is 0 Å². The number of thioether (sulfide) groups is 1. The first-order valence-corrected chi connectivity index (χ1v) is 10.7. The average molecular weight is 399 g/mol. The molecule has 2 aromatic carbocycles. The van der Waals surface area contributed by atoms with Gasteiger partial charge in [0.25, 0.3) is 0 Å². The molecule has 2 amide bonds. The van der Waals surface area contributed by atoms with Crippen molar-refractivity contribution in [2.24, 2.45) is 0 Å². The number of nitrogens with one attached hydrogen (secondary N) is 1. The van der Waals surface area contributed by atoms with Crippen LogP contribution in [0.5, 0.6) is 0 Å². The Hall–Kier alpha value is -2.27. The van der Waals surface area contributed by atoms with Crippen LogP contribution in [0.2, 0.25) is 0 Å². The summed E-state index contributed by atoms with van der Waals surface area (Å²) in [4.78, 5) is 28.1. The number of carbonyl (C=O) groups excluding carboxylic acids is 2. The van der Waals surface area contributed by atoms with Gasteiger partial charge in [-0.1, -0.05) is 47.5 Å². The topological polar surface area (TPSA) is 49.4 Å². The van der Waals surface area contributed by atoms with E-state index >= 15 is 0 Å². The second-order valence-electron chi connectivity index (χ2n) is 6.99. The largest absolute Gasteiger partial charge is 0.355 e. The smallest absolute Gasteiger partial charge is 0.242 e. The van der Waals surface area contributed by atoms with Gasteiger partial charge in [0.2, 0.25) is 11.8 Å². The summed E-state index contributed by atoms with van der Waals surface area (Å²) < 4.78 is 0. The molecule has 0 unspecified atom stereocenters. The normalized spacial score (nSPS) is 11.7. The summed E-state index contributed by atoms with van der Waals surface area (Å²) >= 11 is 1.67. The lowest BCUT2D eigenvalue weighted by atomic mass is 10.1. The van der Waals surface area contributed by atoms with Crippen LogP contribution in [0.25, 0.3) is 0 Å². The average Bonchev–Trinajstić information content (AvgIpc) is 2.68. The summed E-state index contributed by atoms with van der Waals surface area (Å²) in [6.07, 6.45) is 0.397. The lowest BCUT2D eigenvalue weighted by Gasteiger charge is -2.28. The molecule has 1 atom stereocenters. The summed E-state index contributed by atoms with van der Waals surface area (Å²) in [6, 6.07) is 15.9. The molecular weight excluding hydrogens is 368 g/mol. The first-order valence-electron chi connectivity index (χ1n) is 9.73. The van der Waals surface area contributed by atoms with E-state index in [1.165, 1.54) is 11.1 Å². The third-order valence-electron chi connectivity index (χ3n) is 4.60. The van der Waals surface area contributed by atoms with Crippen LogP contribution in [0, 0.1) is 13.8 Å². The van der Waals surface area contributed by atoms with Gasteiger partial charge in [-0.2, -0.15) is 0 Å². The standard InChI is InChI=1S/C23H30N2O2S/c1-5-24-23(27)19(4)25(16-20-10-6-17(2)7-11-20)22(26)14-15-28-21-12-8-18(3)9-13-21/h6-13,19H,5,14-16H2,1-4H3,(H,24,27)/t19-/m0/s1. The first-order chi connectivity index (χ1) is 13.4.